The van der Waals surface area contributed by atoms with E-state index in [1.165, 1.54) is 20.8 Å². The van der Waals surface area contributed by atoms with Gasteiger partial charge in [0.2, 0.25) is 0 Å². The van der Waals surface area contributed by atoms with Crippen LogP contribution >= 0.6 is 0 Å². The lowest BCUT2D eigenvalue weighted by atomic mass is 9.53. The number of hydrogen-bond donors (Lipinski definition) is 0. The molecule has 1 saturated carbocycles. The van der Waals surface area contributed by atoms with Crippen LogP contribution in [0.15, 0.2) is 11.6 Å². The molecule has 5 aliphatic rings. The van der Waals surface area contributed by atoms with Crippen molar-refractivity contribution in [2.45, 2.75) is 108 Å². The Bertz CT molecular complexity index is 1050. The van der Waals surface area contributed by atoms with Gasteiger partial charge < -0.3 is 28.4 Å². The average Bonchev–Trinajstić information content (AvgIpc) is 3.65. The number of esters is 4. The molecule has 10 heteroatoms. The van der Waals surface area contributed by atoms with Crippen molar-refractivity contribution >= 4 is 23.9 Å². The van der Waals surface area contributed by atoms with Crippen molar-refractivity contribution in [3.63, 3.8) is 0 Å². The molecule has 0 amide bonds. The molecule has 198 valence electrons. The third-order valence-corrected chi connectivity index (χ3v) is 8.96. The van der Waals surface area contributed by atoms with Crippen LogP contribution in [-0.2, 0) is 47.6 Å². The number of fused-ring (bicyclic) bond motifs is 2. The van der Waals surface area contributed by atoms with Crippen LogP contribution in [0.1, 0.15) is 67.2 Å². The molecule has 36 heavy (non-hydrogen) atoms. The van der Waals surface area contributed by atoms with Gasteiger partial charge in [-0.25, -0.2) is 4.79 Å². The lowest BCUT2D eigenvalue weighted by Gasteiger charge is -2.55. The maximum absolute atomic E-state index is 13.0. The summed E-state index contributed by atoms with van der Waals surface area (Å²) in [6, 6.07) is 0. The van der Waals surface area contributed by atoms with E-state index in [-0.39, 0.29) is 0 Å². The van der Waals surface area contributed by atoms with Gasteiger partial charge in [-0.2, -0.15) is 0 Å². The van der Waals surface area contributed by atoms with E-state index in [0.29, 0.717) is 32.3 Å². The molecular formula is C26H34O10. The summed E-state index contributed by atoms with van der Waals surface area (Å²) in [5.74, 6) is -2.64. The van der Waals surface area contributed by atoms with Crippen molar-refractivity contribution in [3.8, 4) is 0 Å². The summed E-state index contributed by atoms with van der Waals surface area (Å²) in [6.07, 6.45) is 0.712. The number of ether oxygens (including phenoxy) is 6. The van der Waals surface area contributed by atoms with E-state index in [4.69, 9.17) is 28.4 Å². The van der Waals surface area contributed by atoms with Crippen LogP contribution in [0, 0.1) is 11.3 Å². The number of rotatable bonds is 3. The van der Waals surface area contributed by atoms with Gasteiger partial charge in [0.25, 0.3) is 0 Å². The molecule has 9 atom stereocenters. The highest BCUT2D eigenvalue weighted by molar-refractivity contribution is 5.89. The van der Waals surface area contributed by atoms with E-state index in [1.54, 1.807) is 6.92 Å². The molecule has 2 spiro atoms. The summed E-state index contributed by atoms with van der Waals surface area (Å²) in [5.41, 5.74) is -3.46. The van der Waals surface area contributed by atoms with Crippen LogP contribution in [-0.4, -0.2) is 71.7 Å². The second-order valence-electron chi connectivity index (χ2n) is 11.3. The molecule has 0 aromatic heterocycles. The van der Waals surface area contributed by atoms with Crippen LogP contribution in [0.4, 0.5) is 0 Å². The third-order valence-electron chi connectivity index (χ3n) is 8.96. The molecule has 0 radical (unpaired) electrons. The van der Waals surface area contributed by atoms with Gasteiger partial charge in [0.1, 0.15) is 18.3 Å². The summed E-state index contributed by atoms with van der Waals surface area (Å²) in [4.78, 5) is 50.1. The Morgan fingerprint density at radius 3 is 2.08 bits per heavy atom. The Morgan fingerprint density at radius 2 is 1.56 bits per heavy atom. The molecule has 0 bridgehead atoms. The molecule has 4 fully saturated rings. The number of hydrogen-bond acceptors (Lipinski definition) is 10. The Hall–Kier alpha value is -2.46. The van der Waals surface area contributed by atoms with E-state index >= 15 is 0 Å². The topological polar surface area (TPSA) is 130 Å². The van der Waals surface area contributed by atoms with Crippen molar-refractivity contribution in [3.05, 3.63) is 11.6 Å². The van der Waals surface area contributed by atoms with Crippen LogP contribution in [0.2, 0.25) is 0 Å². The van der Waals surface area contributed by atoms with Crippen molar-refractivity contribution in [2.75, 3.05) is 6.61 Å². The second-order valence-corrected chi connectivity index (χ2v) is 11.3. The van der Waals surface area contributed by atoms with Gasteiger partial charge in [-0.3, -0.25) is 14.4 Å². The van der Waals surface area contributed by atoms with Gasteiger partial charge in [0, 0.05) is 26.7 Å². The summed E-state index contributed by atoms with van der Waals surface area (Å²) in [5, 5.41) is 0. The monoisotopic (exact) mass is 506 g/mol. The van der Waals surface area contributed by atoms with Gasteiger partial charge in [-0.05, 0) is 45.6 Å². The molecule has 2 aliphatic carbocycles. The Balaban J connectivity index is 1.75. The fraction of sp³-hybridized carbons (Fsp3) is 0.769. The normalized spacial score (nSPS) is 46.8. The Kier molecular flexibility index (Phi) is 5.61. The molecule has 3 heterocycles. The predicted molar refractivity (Wildman–Crippen MR) is 121 cm³/mol. The zero-order valence-corrected chi connectivity index (χ0v) is 21.6. The zero-order chi connectivity index (χ0) is 26.3. The largest absolute Gasteiger partial charge is 0.462 e. The quantitative estimate of drug-likeness (QED) is 0.243. The SMILES string of the molecule is CC(=O)OC1CCC(C)=CC2OC(=O)C3(C)OC23C(OC(C)=O)C2C3(CCC(OC(C)=O)C12C)CO3. The standard InChI is InChI=1S/C26H34O10/c1-13-7-8-17(32-14(2)27)23(5)18(33-15(3)28)9-10-25(12-31-25)20(23)21(34-16(4)29)26-19(11-13)35-22(30)24(26,6)36-26/h11,17-21H,7-10,12H2,1-6H3. The van der Waals surface area contributed by atoms with Gasteiger partial charge in [0.15, 0.2) is 17.3 Å². The van der Waals surface area contributed by atoms with Gasteiger partial charge in [-0.15, -0.1) is 0 Å². The number of carbonyl (C=O) groups is 4. The fourth-order valence-corrected chi connectivity index (χ4v) is 7.21. The van der Waals surface area contributed by atoms with Crippen molar-refractivity contribution in [1.82, 2.24) is 0 Å². The highest BCUT2D eigenvalue weighted by Gasteiger charge is 2.88. The molecule has 3 aliphatic heterocycles. The Morgan fingerprint density at radius 1 is 0.972 bits per heavy atom. The van der Waals surface area contributed by atoms with E-state index in [2.05, 4.69) is 0 Å². The molecule has 0 aromatic rings. The van der Waals surface area contributed by atoms with Gasteiger partial charge >= 0.3 is 23.9 Å². The lowest BCUT2D eigenvalue weighted by molar-refractivity contribution is -0.221. The minimum atomic E-state index is -1.32. The number of epoxide rings is 2. The first kappa shape index (κ1) is 25.2. The predicted octanol–water partition coefficient (Wildman–Crippen LogP) is 2.16. The number of allylic oxidation sites excluding steroid dienone is 1. The third kappa shape index (κ3) is 3.44. The van der Waals surface area contributed by atoms with E-state index in [0.717, 1.165) is 5.57 Å². The molecule has 0 N–H and O–H groups in total. The Labute approximate surface area is 209 Å². The molecule has 10 nitrogen and oxygen atoms in total. The summed E-state index contributed by atoms with van der Waals surface area (Å²) in [7, 11) is 0. The first-order chi connectivity index (χ1) is 16.8. The van der Waals surface area contributed by atoms with Crippen molar-refractivity contribution < 1.29 is 47.6 Å². The molecule has 9 unspecified atom stereocenters. The van der Waals surface area contributed by atoms with E-state index in [1.807, 2.05) is 19.9 Å². The van der Waals surface area contributed by atoms with E-state index < -0.39 is 76.4 Å². The first-order valence-electron chi connectivity index (χ1n) is 12.5. The molecular weight excluding hydrogens is 472 g/mol. The van der Waals surface area contributed by atoms with Crippen LogP contribution in [0.5, 0.6) is 0 Å². The highest BCUT2D eigenvalue weighted by Crippen LogP contribution is 2.68. The van der Waals surface area contributed by atoms with Gasteiger partial charge in [-0.1, -0.05) is 12.5 Å². The van der Waals surface area contributed by atoms with Crippen LogP contribution < -0.4 is 0 Å². The number of carbonyl (C=O) groups excluding carboxylic acids is 4. The van der Waals surface area contributed by atoms with Gasteiger partial charge in [0.05, 0.1) is 17.6 Å². The maximum atomic E-state index is 13.0. The average molecular weight is 507 g/mol. The van der Waals surface area contributed by atoms with Crippen LogP contribution in [0.3, 0.4) is 0 Å². The molecule has 0 aromatic carbocycles. The zero-order valence-electron chi connectivity index (χ0n) is 21.6. The minimum absolute atomic E-state index is 0.395. The highest BCUT2D eigenvalue weighted by atomic mass is 16.7. The first-order valence-corrected chi connectivity index (χ1v) is 12.5. The second kappa shape index (κ2) is 8.02. The summed E-state index contributed by atoms with van der Waals surface area (Å²) >= 11 is 0. The lowest BCUT2D eigenvalue weighted by Crippen LogP contribution is -2.66. The van der Waals surface area contributed by atoms with Crippen molar-refractivity contribution in [2.24, 2.45) is 11.3 Å². The van der Waals surface area contributed by atoms with E-state index in [9.17, 15) is 19.2 Å². The van der Waals surface area contributed by atoms with Crippen molar-refractivity contribution in [1.29, 1.82) is 0 Å². The maximum Gasteiger partial charge on any atom is 0.342 e. The smallest absolute Gasteiger partial charge is 0.342 e. The fourth-order valence-electron chi connectivity index (χ4n) is 7.21. The molecule has 3 saturated heterocycles. The van der Waals surface area contributed by atoms with Crippen LogP contribution in [0.25, 0.3) is 0 Å². The minimum Gasteiger partial charge on any atom is -0.462 e. The molecule has 5 rings (SSSR count). The summed E-state index contributed by atoms with van der Waals surface area (Å²) < 4.78 is 35.9. The summed E-state index contributed by atoms with van der Waals surface area (Å²) in [6.45, 7) is 9.84.